The maximum atomic E-state index is 6.85. The van der Waals surface area contributed by atoms with Crippen molar-refractivity contribution in [1.82, 2.24) is 19.1 Å². The monoisotopic (exact) mass is 583 g/mol. The molecule has 2 aromatic rings. The molecule has 0 saturated carbocycles. The van der Waals surface area contributed by atoms with Gasteiger partial charge in [-0.2, -0.15) is 0 Å². The van der Waals surface area contributed by atoms with E-state index in [-0.39, 0.29) is 18.3 Å². The van der Waals surface area contributed by atoms with Gasteiger partial charge in [0.05, 0.1) is 6.61 Å². The summed E-state index contributed by atoms with van der Waals surface area (Å²) in [6.45, 7) is 29.0. The van der Waals surface area contributed by atoms with Crippen LogP contribution in [0.2, 0.25) is 78.6 Å². The molecule has 0 spiro atoms. The minimum absolute atomic E-state index is 0.238. The van der Waals surface area contributed by atoms with Gasteiger partial charge in [-0.25, -0.2) is 9.97 Å². The first-order valence-corrected chi connectivity index (χ1v) is 26.9. The quantitative estimate of drug-likeness (QED) is 0.386. The second kappa shape index (κ2) is 10.6. The number of fused-ring (bicyclic) bond motifs is 1. The molecular formula is C24H49N5O4Si4. The van der Waals surface area contributed by atoms with Crippen LogP contribution in [0, 0.1) is 6.92 Å². The van der Waals surface area contributed by atoms with Crippen molar-refractivity contribution >= 4 is 44.4 Å². The minimum Gasteiger partial charge on any atom is -0.415 e. The van der Waals surface area contributed by atoms with E-state index in [2.05, 4.69) is 83.1 Å². The highest BCUT2D eigenvalue weighted by Gasteiger charge is 2.50. The summed E-state index contributed by atoms with van der Waals surface area (Å²) in [5.74, 6) is 0.901. The van der Waals surface area contributed by atoms with Gasteiger partial charge in [-0.05, 0) is 85.5 Å². The van der Waals surface area contributed by atoms with E-state index in [0.29, 0.717) is 6.61 Å². The molecule has 1 saturated heterocycles. The molecule has 1 unspecified atom stereocenters. The standard InChI is InChI=1S/C24H49N5O4Si4/c1-17-26-23-19(28(17)2)22(27-34(3,4)5)25-16-29(23)24-21(33-37(12,13)14)20(32-36(9,10)11)18(31-24)15-30-35(6,7)8/h16,18,20-21,24H,15H2,1-14H3/t18-,20-,21-,24?/m0/s1. The average Bonchev–Trinajstić information content (AvgIpc) is 3.14. The molecule has 2 aromatic heterocycles. The molecule has 0 amide bonds. The number of hydrogen-bond acceptors (Lipinski definition) is 7. The topological polar surface area (TPSA) is 84.9 Å². The third-order valence-electron chi connectivity index (χ3n) is 5.72. The Morgan fingerprint density at radius 3 is 1.97 bits per heavy atom. The summed E-state index contributed by atoms with van der Waals surface area (Å²) >= 11 is 0. The molecule has 210 valence electrons. The van der Waals surface area contributed by atoms with E-state index >= 15 is 0 Å². The highest BCUT2D eigenvalue weighted by atomic mass is 28.4. The molecule has 9 nitrogen and oxygen atoms in total. The van der Waals surface area contributed by atoms with E-state index in [9.17, 15) is 0 Å². The number of hydrogen-bond donors (Lipinski definition) is 0. The zero-order valence-corrected chi connectivity index (χ0v) is 29.5. The van der Waals surface area contributed by atoms with Crippen molar-refractivity contribution in [3.8, 4) is 0 Å². The van der Waals surface area contributed by atoms with Crippen molar-refractivity contribution in [2.45, 2.75) is 110 Å². The number of aromatic nitrogens is 4. The van der Waals surface area contributed by atoms with E-state index in [4.69, 9.17) is 32.6 Å². The summed E-state index contributed by atoms with van der Waals surface area (Å²) in [4.78, 5) is 9.79. The Balaban J connectivity index is 2.20. The fourth-order valence-corrected chi connectivity index (χ4v) is 7.96. The van der Waals surface area contributed by atoms with Crippen LogP contribution in [0.3, 0.4) is 0 Å². The zero-order valence-electron chi connectivity index (χ0n) is 25.5. The van der Waals surface area contributed by atoms with Crippen molar-refractivity contribution < 1.29 is 18.0 Å². The van der Waals surface area contributed by atoms with Crippen LogP contribution in [0.1, 0.15) is 12.1 Å². The Kier molecular flexibility index (Phi) is 8.73. The number of rotatable bonds is 9. The molecule has 3 heterocycles. The van der Waals surface area contributed by atoms with Crippen LogP contribution in [-0.2, 0) is 25.1 Å². The number of aryl methyl sites for hydroxylation is 2. The Bertz CT molecular complexity index is 1170. The average molecular weight is 584 g/mol. The number of nitrogens with zero attached hydrogens (tertiary/aromatic N) is 5. The Labute approximate surface area is 227 Å². The van der Waals surface area contributed by atoms with Crippen LogP contribution in [0.5, 0.6) is 0 Å². The van der Waals surface area contributed by atoms with E-state index in [0.717, 1.165) is 22.5 Å². The first kappa shape index (κ1) is 30.6. The second-order valence-corrected chi connectivity index (χ2v) is 32.0. The summed E-state index contributed by atoms with van der Waals surface area (Å²) in [6, 6.07) is 0. The van der Waals surface area contributed by atoms with E-state index in [1.807, 2.05) is 24.9 Å². The van der Waals surface area contributed by atoms with E-state index in [1.54, 1.807) is 0 Å². The fourth-order valence-electron chi connectivity index (χ4n) is 4.32. The lowest BCUT2D eigenvalue weighted by Crippen LogP contribution is -2.48. The third kappa shape index (κ3) is 8.03. The highest BCUT2D eigenvalue weighted by Crippen LogP contribution is 2.38. The van der Waals surface area contributed by atoms with Crippen LogP contribution < -0.4 is 5.49 Å². The van der Waals surface area contributed by atoms with Crippen LogP contribution in [0.15, 0.2) is 11.0 Å². The largest absolute Gasteiger partial charge is 0.415 e. The summed E-state index contributed by atoms with van der Waals surface area (Å²) in [7, 11) is -5.40. The van der Waals surface area contributed by atoms with Gasteiger partial charge < -0.3 is 27.2 Å². The summed E-state index contributed by atoms with van der Waals surface area (Å²) in [5.41, 5.74) is 2.46. The van der Waals surface area contributed by atoms with Crippen molar-refractivity contribution in [1.29, 1.82) is 0 Å². The van der Waals surface area contributed by atoms with Gasteiger partial charge in [-0.3, -0.25) is 4.57 Å². The summed E-state index contributed by atoms with van der Waals surface area (Å²) in [6.07, 6.45) is 0.605. The molecule has 37 heavy (non-hydrogen) atoms. The predicted molar refractivity (Wildman–Crippen MR) is 160 cm³/mol. The second-order valence-electron chi connectivity index (χ2n) is 14.0. The Morgan fingerprint density at radius 2 is 1.46 bits per heavy atom. The normalized spacial score (nSPS) is 24.4. The van der Waals surface area contributed by atoms with Gasteiger partial charge in [0.25, 0.3) is 0 Å². The number of ether oxygens (including phenoxy) is 1. The van der Waals surface area contributed by atoms with Gasteiger partial charge in [0, 0.05) is 7.05 Å². The zero-order chi connectivity index (χ0) is 28.1. The Morgan fingerprint density at radius 1 is 0.892 bits per heavy atom. The molecule has 0 radical (unpaired) electrons. The molecule has 1 fully saturated rings. The number of imidazole rings is 1. The third-order valence-corrected chi connectivity index (χ3v) is 9.60. The van der Waals surface area contributed by atoms with Gasteiger partial charge >= 0.3 is 0 Å². The SMILES string of the molecule is Cc1nc2c(c(=N[Si](C)(C)C)ncn2C2O[C@@H](CO[Si](C)(C)C)[C@H](O[Si](C)(C)C)[C@@H]2O[Si](C)(C)C)n1C. The molecule has 0 bridgehead atoms. The molecule has 0 aliphatic carbocycles. The lowest BCUT2D eigenvalue weighted by molar-refractivity contribution is -0.0461. The predicted octanol–water partition coefficient (Wildman–Crippen LogP) is 5.00. The van der Waals surface area contributed by atoms with Crippen LogP contribution in [-0.4, -0.2) is 77.2 Å². The molecule has 13 heteroatoms. The maximum Gasteiger partial charge on any atom is 0.184 e. The van der Waals surface area contributed by atoms with Crippen LogP contribution in [0.25, 0.3) is 11.2 Å². The Hall–Kier alpha value is -0.942. The molecule has 3 rings (SSSR count). The fraction of sp³-hybridized carbons (Fsp3) is 0.792. The molecule has 0 aromatic carbocycles. The van der Waals surface area contributed by atoms with E-state index in [1.165, 1.54) is 0 Å². The molecular weight excluding hydrogens is 535 g/mol. The van der Waals surface area contributed by atoms with Gasteiger partial charge in [0.1, 0.15) is 36.0 Å². The smallest absolute Gasteiger partial charge is 0.184 e. The van der Waals surface area contributed by atoms with Crippen molar-refractivity contribution in [3.63, 3.8) is 0 Å². The molecule has 1 aliphatic rings. The van der Waals surface area contributed by atoms with Gasteiger partial charge in [0.15, 0.2) is 50.6 Å². The molecule has 4 atom stereocenters. The first-order valence-electron chi connectivity index (χ1n) is 13.3. The molecule has 0 N–H and O–H groups in total. The maximum absolute atomic E-state index is 6.85. The molecule has 1 aliphatic heterocycles. The first-order chi connectivity index (χ1) is 16.7. The van der Waals surface area contributed by atoms with Gasteiger partial charge in [-0.1, -0.05) is 0 Å². The van der Waals surface area contributed by atoms with Gasteiger partial charge in [0.2, 0.25) is 0 Å². The van der Waals surface area contributed by atoms with Crippen LogP contribution in [0.4, 0.5) is 0 Å². The minimum atomic E-state index is -1.97. The van der Waals surface area contributed by atoms with Gasteiger partial charge in [-0.15, -0.1) is 0 Å². The summed E-state index contributed by atoms with van der Waals surface area (Å²) < 4.78 is 35.9. The highest BCUT2D eigenvalue weighted by molar-refractivity contribution is 6.74. The van der Waals surface area contributed by atoms with Crippen molar-refractivity contribution in [3.05, 3.63) is 17.6 Å². The lowest BCUT2D eigenvalue weighted by atomic mass is 10.1. The van der Waals surface area contributed by atoms with Crippen LogP contribution >= 0.6 is 0 Å². The van der Waals surface area contributed by atoms with Crippen molar-refractivity contribution in [2.75, 3.05) is 6.61 Å². The van der Waals surface area contributed by atoms with E-state index < -0.39 is 39.4 Å². The lowest BCUT2D eigenvalue weighted by Gasteiger charge is -2.34. The van der Waals surface area contributed by atoms with Crippen molar-refractivity contribution in [2.24, 2.45) is 11.7 Å². The summed E-state index contributed by atoms with van der Waals surface area (Å²) in [5, 5.41) is 0.